The van der Waals surface area contributed by atoms with Gasteiger partial charge in [-0.2, -0.15) is 0 Å². The minimum Gasteiger partial charge on any atom is -0.469 e. The molecule has 1 fully saturated rings. The molecule has 1 heterocycles. The lowest BCUT2D eigenvalue weighted by atomic mass is 10.1. The lowest BCUT2D eigenvalue weighted by molar-refractivity contribution is -0.140. The summed E-state index contributed by atoms with van der Waals surface area (Å²) >= 11 is 0. The Labute approximate surface area is 100 Å². The van der Waals surface area contributed by atoms with Gasteiger partial charge in [0, 0.05) is 19.6 Å². The van der Waals surface area contributed by atoms with Crippen LogP contribution in [0.15, 0.2) is 0 Å². The normalized spacial score (nSPS) is 24.8. The van der Waals surface area contributed by atoms with E-state index in [1.807, 2.05) is 0 Å². The maximum Gasteiger partial charge on any atom is 0.306 e. The number of ether oxygens (including phenoxy) is 2. The molecule has 0 spiro atoms. The topological polar surface area (TPSA) is 102 Å². The third-order valence-corrected chi connectivity index (χ3v) is 3.83. The van der Waals surface area contributed by atoms with E-state index >= 15 is 0 Å². The molecule has 100 valence electrons. The van der Waals surface area contributed by atoms with Crippen molar-refractivity contribution in [1.82, 2.24) is 4.72 Å². The van der Waals surface area contributed by atoms with E-state index in [1.54, 1.807) is 0 Å². The fourth-order valence-corrected chi connectivity index (χ4v) is 2.44. The highest BCUT2D eigenvalue weighted by Crippen LogP contribution is 2.17. The van der Waals surface area contributed by atoms with Crippen molar-refractivity contribution in [3.05, 3.63) is 0 Å². The first-order chi connectivity index (χ1) is 7.87. The number of carbonyl (C=O) groups is 1. The highest BCUT2D eigenvalue weighted by molar-refractivity contribution is 7.89. The molecule has 0 amide bonds. The number of hydrogen-bond acceptors (Lipinski definition) is 6. The summed E-state index contributed by atoms with van der Waals surface area (Å²) in [6.45, 7) is 0.434. The van der Waals surface area contributed by atoms with Gasteiger partial charge in [0.25, 0.3) is 0 Å². The monoisotopic (exact) mass is 267 g/mol. The van der Waals surface area contributed by atoms with Crippen LogP contribution in [0, 0.1) is 0 Å². The number of hydrogen-bond donors (Lipinski definition) is 2. The van der Waals surface area contributed by atoms with Crippen LogP contribution in [0.4, 0.5) is 0 Å². The summed E-state index contributed by atoms with van der Waals surface area (Å²) in [5, 5.41) is 9.83. The zero-order valence-corrected chi connectivity index (χ0v) is 10.5. The van der Waals surface area contributed by atoms with Crippen LogP contribution in [0.1, 0.15) is 12.8 Å². The van der Waals surface area contributed by atoms with E-state index < -0.39 is 21.6 Å². The van der Waals surface area contributed by atoms with Gasteiger partial charge < -0.3 is 14.6 Å². The molecule has 0 aliphatic carbocycles. The smallest absolute Gasteiger partial charge is 0.306 e. The molecule has 1 aliphatic rings. The summed E-state index contributed by atoms with van der Waals surface area (Å²) in [5.74, 6) is -0.936. The molecule has 2 N–H and O–H groups in total. The SMILES string of the molecule is COC(=O)CCS(=O)(=O)NCC1(O)CCOC1. The molecular formula is C9H17NO6S. The first kappa shape index (κ1) is 14.4. The number of nitrogens with one attached hydrogen (secondary N) is 1. The highest BCUT2D eigenvalue weighted by atomic mass is 32.2. The van der Waals surface area contributed by atoms with E-state index in [0.29, 0.717) is 13.0 Å². The molecule has 0 aromatic carbocycles. The van der Waals surface area contributed by atoms with E-state index in [-0.39, 0.29) is 25.3 Å². The Hall–Kier alpha value is -0.700. The van der Waals surface area contributed by atoms with Gasteiger partial charge in [0.1, 0.15) is 5.60 Å². The van der Waals surface area contributed by atoms with E-state index in [2.05, 4.69) is 9.46 Å². The number of rotatable bonds is 6. The van der Waals surface area contributed by atoms with Gasteiger partial charge in [-0.05, 0) is 0 Å². The summed E-state index contributed by atoms with van der Waals surface area (Å²) < 4.78 is 34.5. The number of aliphatic hydroxyl groups is 1. The zero-order valence-electron chi connectivity index (χ0n) is 9.64. The Kier molecular flexibility index (Phi) is 4.87. The molecule has 17 heavy (non-hydrogen) atoms. The Balaban J connectivity index is 2.36. The predicted octanol–water partition coefficient (Wildman–Crippen LogP) is -1.38. The Morgan fingerprint density at radius 3 is 2.82 bits per heavy atom. The molecule has 1 saturated heterocycles. The molecule has 1 rings (SSSR count). The fourth-order valence-electron chi connectivity index (χ4n) is 1.37. The summed E-state index contributed by atoms with van der Waals surface area (Å²) in [5.41, 5.74) is -1.14. The van der Waals surface area contributed by atoms with Gasteiger partial charge in [0.15, 0.2) is 0 Å². The molecule has 0 bridgehead atoms. The number of sulfonamides is 1. The van der Waals surface area contributed by atoms with E-state index in [9.17, 15) is 18.3 Å². The molecule has 1 aliphatic heterocycles. The molecule has 7 nitrogen and oxygen atoms in total. The maximum atomic E-state index is 11.5. The molecule has 0 radical (unpaired) electrons. The van der Waals surface area contributed by atoms with Crippen molar-refractivity contribution in [3.63, 3.8) is 0 Å². The molecule has 1 unspecified atom stereocenters. The third kappa shape index (κ3) is 4.99. The van der Waals surface area contributed by atoms with Crippen LogP contribution in [0.3, 0.4) is 0 Å². The van der Waals surface area contributed by atoms with Gasteiger partial charge in [-0.1, -0.05) is 0 Å². The summed E-state index contributed by atoms with van der Waals surface area (Å²) in [4.78, 5) is 10.8. The predicted molar refractivity (Wildman–Crippen MR) is 58.8 cm³/mol. The van der Waals surface area contributed by atoms with Crippen molar-refractivity contribution in [2.75, 3.05) is 32.6 Å². The Bertz CT molecular complexity index is 360. The largest absolute Gasteiger partial charge is 0.469 e. The number of carbonyl (C=O) groups excluding carboxylic acids is 1. The van der Waals surface area contributed by atoms with Crippen molar-refractivity contribution in [2.45, 2.75) is 18.4 Å². The zero-order chi connectivity index (χ0) is 12.9. The summed E-state index contributed by atoms with van der Waals surface area (Å²) in [6.07, 6.45) is 0.188. The van der Waals surface area contributed by atoms with Gasteiger partial charge >= 0.3 is 5.97 Å². The van der Waals surface area contributed by atoms with Crippen LogP contribution in [0.5, 0.6) is 0 Å². The second-order valence-electron chi connectivity index (χ2n) is 3.99. The first-order valence-electron chi connectivity index (χ1n) is 5.21. The van der Waals surface area contributed by atoms with Crippen molar-refractivity contribution < 1.29 is 27.8 Å². The van der Waals surface area contributed by atoms with E-state index in [4.69, 9.17) is 4.74 Å². The fraction of sp³-hybridized carbons (Fsp3) is 0.889. The van der Waals surface area contributed by atoms with Crippen molar-refractivity contribution >= 4 is 16.0 Å². The van der Waals surface area contributed by atoms with Crippen molar-refractivity contribution in [1.29, 1.82) is 0 Å². The van der Waals surface area contributed by atoms with E-state index in [1.165, 1.54) is 7.11 Å². The first-order valence-corrected chi connectivity index (χ1v) is 6.86. The maximum absolute atomic E-state index is 11.5. The molecule has 1 atom stereocenters. The van der Waals surface area contributed by atoms with Crippen LogP contribution in [0.2, 0.25) is 0 Å². The lowest BCUT2D eigenvalue weighted by Gasteiger charge is -2.20. The Morgan fingerprint density at radius 2 is 2.29 bits per heavy atom. The third-order valence-electron chi connectivity index (χ3n) is 2.51. The van der Waals surface area contributed by atoms with Crippen LogP contribution in [0.25, 0.3) is 0 Å². The van der Waals surface area contributed by atoms with Crippen LogP contribution in [-0.4, -0.2) is 57.7 Å². The standard InChI is InChI=1S/C9H17NO6S/c1-15-8(11)2-5-17(13,14)10-6-9(12)3-4-16-7-9/h10,12H,2-7H2,1H3. The highest BCUT2D eigenvalue weighted by Gasteiger charge is 2.33. The lowest BCUT2D eigenvalue weighted by Crippen LogP contribution is -2.44. The summed E-state index contributed by atoms with van der Waals surface area (Å²) in [7, 11) is -2.38. The van der Waals surface area contributed by atoms with Gasteiger partial charge in [0.2, 0.25) is 10.0 Å². The van der Waals surface area contributed by atoms with Gasteiger partial charge in [-0.3, -0.25) is 4.79 Å². The minimum atomic E-state index is -3.58. The number of methoxy groups -OCH3 is 1. The quantitative estimate of drug-likeness (QED) is 0.575. The number of esters is 1. The molecule has 0 saturated carbocycles. The van der Waals surface area contributed by atoms with Gasteiger partial charge in [-0.15, -0.1) is 0 Å². The van der Waals surface area contributed by atoms with Gasteiger partial charge in [0.05, 0.1) is 25.9 Å². The molecule has 8 heteroatoms. The second kappa shape index (κ2) is 5.76. The average Bonchev–Trinajstić information content (AvgIpc) is 2.71. The average molecular weight is 267 g/mol. The van der Waals surface area contributed by atoms with E-state index in [0.717, 1.165) is 0 Å². The second-order valence-corrected chi connectivity index (χ2v) is 5.92. The molecule has 0 aromatic rings. The summed E-state index contributed by atoms with van der Waals surface area (Å²) in [6, 6.07) is 0. The molecule has 0 aromatic heterocycles. The van der Waals surface area contributed by atoms with Crippen LogP contribution >= 0.6 is 0 Å². The minimum absolute atomic E-state index is 0.101. The Morgan fingerprint density at radius 1 is 1.59 bits per heavy atom. The molecular weight excluding hydrogens is 250 g/mol. The van der Waals surface area contributed by atoms with Crippen LogP contribution in [-0.2, 0) is 24.3 Å². The van der Waals surface area contributed by atoms with Crippen LogP contribution < -0.4 is 4.72 Å². The van der Waals surface area contributed by atoms with Gasteiger partial charge in [-0.25, -0.2) is 13.1 Å². The van der Waals surface area contributed by atoms with Crippen molar-refractivity contribution in [2.24, 2.45) is 0 Å². The van der Waals surface area contributed by atoms with Crippen molar-refractivity contribution in [3.8, 4) is 0 Å².